The van der Waals surface area contributed by atoms with Crippen LogP contribution < -0.4 is 0 Å². The highest BCUT2D eigenvalue weighted by Gasteiger charge is 1.68. The molecule has 0 unspecified atom stereocenters. The Morgan fingerprint density at radius 2 is 2.00 bits per heavy atom. The van der Waals surface area contributed by atoms with Crippen LogP contribution in [0.5, 0.6) is 0 Å². The molecular weight excluding hydrogens is 99.1 g/mol. The van der Waals surface area contributed by atoms with Crippen LogP contribution in [-0.2, 0) is 0 Å². The highest BCUT2D eigenvalue weighted by molar-refractivity contribution is 8.16. The maximum Gasteiger partial charge on any atom is 0.00130 e. The molecule has 0 aromatic carbocycles. The lowest BCUT2D eigenvalue weighted by molar-refractivity contribution is 2.11. The van der Waals surface area contributed by atoms with Crippen LogP contribution in [-0.4, -0.2) is 10.9 Å². The van der Waals surface area contributed by atoms with Crippen molar-refractivity contribution < 1.29 is 0 Å². The first kappa shape index (κ1) is 5.52. The van der Waals surface area contributed by atoms with Gasteiger partial charge in [0.2, 0.25) is 0 Å². The lowest BCUT2D eigenvalue weighted by Gasteiger charge is -1.78. The second kappa shape index (κ2) is 2.74. The molecule has 0 spiro atoms. The molecule has 0 saturated heterocycles. The molecule has 0 N–H and O–H groups in total. The predicted octanol–water partition coefficient (Wildman–Crippen LogP) is 1.64. The number of hydrogen-bond acceptors (Lipinski definition) is 1. The third kappa shape index (κ3) is 4.52. The van der Waals surface area contributed by atoms with Crippen molar-refractivity contribution in [1.29, 1.82) is 0 Å². The van der Waals surface area contributed by atoms with Gasteiger partial charge in [-0.2, -0.15) is 0 Å². The molecule has 5 heavy (non-hydrogen) atoms. The van der Waals surface area contributed by atoms with E-state index in [1.165, 1.54) is 4.63 Å². The van der Waals surface area contributed by atoms with E-state index < -0.39 is 0 Å². The summed E-state index contributed by atoms with van der Waals surface area (Å²) >= 11 is 1.71. The Kier molecular flexibility index (Phi) is 3.03. The van der Waals surface area contributed by atoms with Gasteiger partial charge in [0.15, 0.2) is 0 Å². The Bertz CT molecular complexity index is 42.2. The summed E-state index contributed by atoms with van der Waals surface area (Å²) < 4.78 is 1.23. The van der Waals surface area contributed by atoms with Gasteiger partial charge < -0.3 is 0 Å². The van der Waals surface area contributed by atoms with E-state index in [9.17, 15) is 0 Å². The van der Waals surface area contributed by atoms with Crippen molar-refractivity contribution in [2.24, 2.45) is 0 Å². The number of hydrogen-bond donors (Lipinski definition) is 0. The molecule has 0 rings (SSSR count). The Balaban J connectivity index is 2.85. The second-order valence-electron chi connectivity index (χ2n) is 0.760. The molecule has 0 amide bonds. The Morgan fingerprint density at radius 1 is 1.80 bits per heavy atom. The summed E-state index contributed by atoms with van der Waals surface area (Å²) in [5.74, 6) is 0. The summed E-state index contributed by atoms with van der Waals surface area (Å²) in [6.45, 7) is 2.02. The van der Waals surface area contributed by atoms with Crippen LogP contribution in [0.1, 0.15) is 6.92 Å². The van der Waals surface area contributed by atoms with E-state index in [1.807, 2.05) is 13.2 Å². The van der Waals surface area contributed by atoms with E-state index in [1.54, 1.807) is 11.8 Å². The first-order valence-corrected chi connectivity index (χ1v) is 3.09. The first-order chi connectivity index (χ1) is 2.27. The summed E-state index contributed by atoms with van der Waals surface area (Å²) in [6.07, 6.45) is 2.03. The van der Waals surface area contributed by atoms with Crippen LogP contribution >= 0.6 is 20.6 Å². The average Bonchev–Trinajstić information content (AvgIpc) is 1.38. The summed E-state index contributed by atoms with van der Waals surface area (Å²) in [4.78, 5) is 0. The van der Waals surface area contributed by atoms with Crippen molar-refractivity contribution in [2.75, 3.05) is 6.26 Å². The van der Waals surface area contributed by atoms with Gasteiger partial charge in [-0.3, -0.25) is 0 Å². The molecule has 0 heterocycles. The zero-order valence-electron chi connectivity index (χ0n) is 3.41. The molecule has 0 aromatic rings. The van der Waals surface area contributed by atoms with Gasteiger partial charge in [0.1, 0.15) is 0 Å². The molecule has 0 aliphatic rings. The SMILES string of the molecule is CSC(C)=P. The van der Waals surface area contributed by atoms with Gasteiger partial charge >= 0.3 is 0 Å². The molecule has 0 aliphatic carbocycles. The normalized spacial score (nSPS) is 7.60. The topological polar surface area (TPSA) is 0 Å². The summed E-state index contributed by atoms with van der Waals surface area (Å²) in [6, 6.07) is 0. The van der Waals surface area contributed by atoms with Gasteiger partial charge in [-0.25, -0.2) is 0 Å². The smallest absolute Gasteiger partial charge is 0.00130 e. The molecule has 0 atom stereocenters. The van der Waals surface area contributed by atoms with Crippen LogP contribution in [0, 0.1) is 0 Å². The van der Waals surface area contributed by atoms with Crippen LogP contribution in [0.4, 0.5) is 0 Å². The summed E-state index contributed by atoms with van der Waals surface area (Å²) in [7, 11) is 3.30. The second-order valence-corrected chi connectivity index (χ2v) is 2.89. The van der Waals surface area contributed by atoms with Crippen molar-refractivity contribution in [3.63, 3.8) is 0 Å². The molecular formula is C3H7PS. The summed E-state index contributed by atoms with van der Waals surface area (Å²) in [5.41, 5.74) is 0. The van der Waals surface area contributed by atoms with Crippen molar-refractivity contribution in [3.05, 3.63) is 0 Å². The molecule has 0 aromatic heterocycles. The minimum Gasteiger partial charge on any atom is -0.130 e. The largest absolute Gasteiger partial charge is 0.130 e. The zero-order valence-corrected chi connectivity index (χ0v) is 5.22. The quantitative estimate of drug-likeness (QED) is 0.458. The zero-order chi connectivity index (χ0) is 4.28. The van der Waals surface area contributed by atoms with Crippen LogP contribution in [0.25, 0.3) is 0 Å². The summed E-state index contributed by atoms with van der Waals surface area (Å²) in [5, 5.41) is 0. The Morgan fingerprint density at radius 3 is 2.00 bits per heavy atom. The van der Waals surface area contributed by atoms with E-state index in [-0.39, 0.29) is 0 Å². The highest BCUT2D eigenvalue weighted by atomic mass is 32.2. The fourth-order valence-electron chi connectivity index (χ4n) is 0. The predicted molar refractivity (Wildman–Crippen MR) is 32.5 cm³/mol. The van der Waals surface area contributed by atoms with Crippen molar-refractivity contribution in [3.8, 4) is 0 Å². The van der Waals surface area contributed by atoms with E-state index in [0.29, 0.717) is 0 Å². The third-order valence-electron chi connectivity index (χ3n) is 0.306. The van der Waals surface area contributed by atoms with E-state index in [2.05, 4.69) is 8.86 Å². The molecule has 0 saturated carbocycles. The molecule has 0 bridgehead atoms. The molecule has 0 aliphatic heterocycles. The van der Waals surface area contributed by atoms with Crippen molar-refractivity contribution >= 4 is 25.3 Å². The van der Waals surface area contributed by atoms with Gasteiger partial charge in [-0.05, 0) is 13.2 Å². The van der Waals surface area contributed by atoms with Crippen LogP contribution in [0.3, 0.4) is 0 Å². The Hall–Kier alpha value is 0.520. The van der Waals surface area contributed by atoms with Crippen LogP contribution in [0.2, 0.25) is 0 Å². The van der Waals surface area contributed by atoms with E-state index in [4.69, 9.17) is 0 Å². The standard InChI is InChI=1S/C3H7PS/c1-3(4)5-2/h4H,1-2H3. The number of rotatable bonds is 1. The average molecular weight is 106 g/mol. The van der Waals surface area contributed by atoms with Gasteiger partial charge in [-0.1, -0.05) is 0 Å². The van der Waals surface area contributed by atoms with Crippen LogP contribution in [0.15, 0.2) is 0 Å². The molecule has 0 radical (unpaired) electrons. The molecule has 30 valence electrons. The lowest BCUT2D eigenvalue weighted by atomic mass is 11.0. The van der Waals surface area contributed by atoms with Crippen molar-refractivity contribution in [1.82, 2.24) is 0 Å². The highest BCUT2D eigenvalue weighted by Crippen LogP contribution is 1.95. The maximum absolute atomic E-state index is 3.30. The van der Waals surface area contributed by atoms with E-state index >= 15 is 0 Å². The fourth-order valence-corrected chi connectivity index (χ4v) is 0. The minimum atomic E-state index is 1.23. The number of thioether (sulfide) groups is 1. The van der Waals surface area contributed by atoms with Crippen molar-refractivity contribution in [2.45, 2.75) is 6.92 Å². The first-order valence-electron chi connectivity index (χ1n) is 1.36. The maximum atomic E-state index is 3.30. The Labute approximate surface area is 39.2 Å². The lowest BCUT2D eigenvalue weighted by Crippen LogP contribution is -1.65. The monoisotopic (exact) mass is 106 g/mol. The molecule has 2 heteroatoms. The van der Waals surface area contributed by atoms with Gasteiger partial charge in [0, 0.05) is 4.63 Å². The fraction of sp³-hybridized carbons (Fsp3) is 0.667. The van der Waals surface area contributed by atoms with Gasteiger partial charge in [0.05, 0.1) is 0 Å². The molecule has 0 nitrogen and oxygen atoms in total. The van der Waals surface area contributed by atoms with Gasteiger partial charge in [0.25, 0.3) is 0 Å². The minimum absolute atomic E-state index is 1.23. The van der Waals surface area contributed by atoms with E-state index in [0.717, 1.165) is 0 Å². The molecule has 0 fully saturated rings. The van der Waals surface area contributed by atoms with Gasteiger partial charge in [-0.15, -0.1) is 20.6 Å². The third-order valence-corrected chi connectivity index (χ3v) is 1.53.